The zero-order valence-electron chi connectivity index (χ0n) is 21.3. The van der Waals surface area contributed by atoms with E-state index < -0.39 is 0 Å². The molecule has 0 bridgehead atoms. The molecule has 1 aromatic carbocycles. The van der Waals surface area contributed by atoms with Crippen LogP contribution in [-0.4, -0.2) is 40.9 Å². The third-order valence-electron chi connectivity index (χ3n) is 6.49. The molecule has 0 aliphatic carbocycles. The largest absolute Gasteiger partial charge is 0.487 e. The van der Waals surface area contributed by atoms with Crippen LogP contribution in [0.5, 0.6) is 5.75 Å². The molecule has 2 N–H and O–H groups in total. The standard InChI is InChI=1S/C30H21N7O2S/c1-17(38)24-9-10-25(40-24)21-11-12-32-29-26(21)34-30(35-29)28-27-23(36-37-28)8-7-22(33-27)19-13-20(15-31-14-19)39-16-18-5-3-2-4-6-18/h2-15H,16H2,1H3,(H,36,37)(H,32,34,35). The van der Waals surface area contributed by atoms with Crippen molar-refractivity contribution < 1.29 is 9.53 Å². The summed E-state index contributed by atoms with van der Waals surface area (Å²) in [4.78, 5) is 35.4. The maximum absolute atomic E-state index is 11.8. The number of aromatic nitrogens is 7. The number of carbonyl (C=O) groups is 1. The number of thiophene rings is 1. The van der Waals surface area contributed by atoms with Gasteiger partial charge in [-0.25, -0.2) is 15.0 Å². The molecule has 7 rings (SSSR count). The molecule has 194 valence electrons. The van der Waals surface area contributed by atoms with E-state index in [9.17, 15) is 4.79 Å². The molecule has 0 saturated heterocycles. The van der Waals surface area contributed by atoms with Crippen molar-refractivity contribution in [1.82, 2.24) is 35.1 Å². The summed E-state index contributed by atoms with van der Waals surface area (Å²) in [5.41, 5.74) is 6.91. The van der Waals surface area contributed by atoms with Gasteiger partial charge >= 0.3 is 0 Å². The molecule has 9 nitrogen and oxygen atoms in total. The quantitative estimate of drug-likeness (QED) is 0.221. The maximum Gasteiger partial charge on any atom is 0.169 e. The van der Waals surface area contributed by atoms with Gasteiger partial charge < -0.3 is 9.72 Å². The van der Waals surface area contributed by atoms with Crippen LogP contribution in [0.25, 0.3) is 55.4 Å². The Morgan fingerprint density at radius 3 is 2.73 bits per heavy atom. The number of Topliss-reactive ketones (excluding diaryl/α,β-unsaturated/α-hetero) is 1. The van der Waals surface area contributed by atoms with E-state index in [1.165, 1.54) is 11.3 Å². The normalized spacial score (nSPS) is 11.3. The highest BCUT2D eigenvalue weighted by Gasteiger charge is 2.18. The molecular weight excluding hydrogens is 522 g/mol. The minimum atomic E-state index is 0.0395. The second-order valence-corrected chi connectivity index (χ2v) is 10.3. The second kappa shape index (κ2) is 9.83. The van der Waals surface area contributed by atoms with Crippen molar-refractivity contribution in [3.63, 3.8) is 0 Å². The Labute approximate surface area is 232 Å². The summed E-state index contributed by atoms with van der Waals surface area (Å²) in [6.07, 6.45) is 5.18. The molecular formula is C30H21N7O2S. The average molecular weight is 544 g/mol. The van der Waals surface area contributed by atoms with Crippen molar-refractivity contribution in [3.05, 3.63) is 95.8 Å². The first kappa shape index (κ1) is 23.9. The second-order valence-electron chi connectivity index (χ2n) is 9.21. The van der Waals surface area contributed by atoms with E-state index >= 15 is 0 Å². The van der Waals surface area contributed by atoms with Crippen molar-refractivity contribution in [1.29, 1.82) is 0 Å². The smallest absolute Gasteiger partial charge is 0.169 e. The van der Waals surface area contributed by atoms with Crippen LogP contribution in [0.2, 0.25) is 0 Å². The van der Waals surface area contributed by atoms with E-state index in [0.717, 1.165) is 32.8 Å². The van der Waals surface area contributed by atoms with Crippen LogP contribution >= 0.6 is 11.3 Å². The van der Waals surface area contributed by atoms with Gasteiger partial charge in [0.25, 0.3) is 0 Å². The predicted molar refractivity (Wildman–Crippen MR) is 154 cm³/mol. The van der Waals surface area contributed by atoms with Crippen molar-refractivity contribution >= 4 is 39.3 Å². The molecule has 0 unspecified atom stereocenters. The van der Waals surface area contributed by atoms with Crippen LogP contribution in [0.1, 0.15) is 22.2 Å². The fourth-order valence-corrected chi connectivity index (χ4v) is 5.42. The van der Waals surface area contributed by atoms with Crippen LogP contribution in [0.15, 0.2) is 85.3 Å². The van der Waals surface area contributed by atoms with Gasteiger partial charge in [0.05, 0.1) is 22.3 Å². The van der Waals surface area contributed by atoms with E-state index in [2.05, 4.69) is 25.1 Å². The number of aromatic amines is 2. The fourth-order valence-electron chi connectivity index (χ4n) is 4.50. The lowest BCUT2D eigenvalue weighted by atomic mass is 10.1. The summed E-state index contributed by atoms with van der Waals surface area (Å²) >= 11 is 1.44. The number of rotatable bonds is 7. The third-order valence-corrected chi connectivity index (χ3v) is 7.71. The average Bonchev–Trinajstić information content (AvgIpc) is 3.74. The Kier molecular flexibility index (Phi) is 5.86. The lowest BCUT2D eigenvalue weighted by Crippen LogP contribution is -1.96. The molecule has 0 aliphatic rings. The lowest BCUT2D eigenvalue weighted by molar-refractivity contribution is 0.102. The molecule has 0 saturated carbocycles. The fraction of sp³-hybridized carbons (Fsp3) is 0.0667. The molecule has 0 spiro atoms. The summed E-state index contributed by atoms with van der Waals surface area (Å²) < 4.78 is 5.97. The Balaban J connectivity index is 1.23. The van der Waals surface area contributed by atoms with Gasteiger partial charge in [0.1, 0.15) is 23.4 Å². The first-order chi connectivity index (χ1) is 19.6. The number of benzene rings is 1. The first-order valence-corrected chi connectivity index (χ1v) is 13.4. The Bertz CT molecular complexity index is 2010. The summed E-state index contributed by atoms with van der Waals surface area (Å²) in [6, 6.07) is 21.5. The third kappa shape index (κ3) is 4.40. The summed E-state index contributed by atoms with van der Waals surface area (Å²) in [6.45, 7) is 2.02. The molecule has 0 radical (unpaired) electrons. The van der Waals surface area contributed by atoms with Crippen LogP contribution in [0, 0.1) is 0 Å². The molecule has 7 aromatic rings. The maximum atomic E-state index is 11.8. The number of hydrogen-bond donors (Lipinski definition) is 2. The molecule has 10 heteroatoms. The van der Waals surface area contributed by atoms with Crippen molar-refractivity contribution in [2.45, 2.75) is 13.5 Å². The molecule has 40 heavy (non-hydrogen) atoms. The van der Waals surface area contributed by atoms with Gasteiger partial charge in [-0.05, 0) is 48.9 Å². The minimum Gasteiger partial charge on any atom is -0.487 e. The van der Waals surface area contributed by atoms with Gasteiger partial charge in [0, 0.05) is 28.4 Å². The summed E-state index contributed by atoms with van der Waals surface area (Å²) in [7, 11) is 0. The number of hydrogen-bond acceptors (Lipinski definition) is 8. The number of fused-ring (bicyclic) bond motifs is 2. The first-order valence-electron chi connectivity index (χ1n) is 12.6. The highest BCUT2D eigenvalue weighted by molar-refractivity contribution is 7.17. The van der Waals surface area contributed by atoms with Gasteiger partial charge in [-0.2, -0.15) is 5.10 Å². The van der Waals surface area contributed by atoms with E-state index in [-0.39, 0.29) is 5.78 Å². The molecule has 6 heterocycles. The number of ketones is 1. The highest BCUT2D eigenvalue weighted by atomic mass is 32.1. The number of ether oxygens (including phenoxy) is 1. The van der Waals surface area contributed by atoms with Gasteiger partial charge in [0.2, 0.25) is 0 Å². The molecule has 6 aromatic heterocycles. The zero-order chi connectivity index (χ0) is 27.1. The predicted octanol–water partition coefficient (Wildman–Crippen LogP) is 6.47. The van der Waals surface area contributed by atoms with Gasteiger partial charge in [-0.15, -0.1) is 11.3 Å². The number of pyridine rings is 3. The van der Waals surface area contributed by atoms with Gasteiger partial charge in [-0.3, -0.25) is 14.9 Å². The SMILES string of the molecule is CC(=O)c1ccc(-c2ccnc3[nH]c(-c4n[nH]c5ccc(-c6cncc(OCc7ccccc7)c6)nc45)nc23)s1. The Morgan fingerprint density at radius 1 is 0.975 bits per heavy atom. The molecule has 0 atom stereocenters. The zero-order valence-corrected chi connectivity index (χ0v) is 22.1. The molecule has 0 fully saturated rings. The number of nitrogens with zero attached hydrogens (tertiary/aromatic N) is 5. The van der Waals surface area contributed by atoms with Gasteiger partial charge in [0.15, 0.2) is 22.9 Å². The highest BCUT2D eigenvalue weighted by Crippen LogP contribution is 2.34. The van der Waals surface area contributed by atoms with E-state index in [0.29, 0.717) is 45.4 Å². The summed E-state index contributed by atoms with van der Waals surface area (Å²) in [5, 5.41) is 7.57. The number of nitrogens with one attached hydrogen (secondary N) is 2. The van der Waals surface area contributed by atoms with Crippen LogP contribution in [0.3, 0.4) is 0 Å². The van der Waals surface area contributed by atoms with Crippen LogP contribution in [-0.2, 0) is 6.61 Å². The number of carbonyl (C=O) groups excluding carboxylic acids is 1. The Hall–Kier alpha value is -5.22. The molecule has 0 aliphatic heterocycles. The summed E-state index contributed by atoms with van der Waals surface area (Å²) in [5.74, 6) is 1.25. The topological polar surface area (TPSA) is 122 Å². The van der Waals surface area contributed by atoms with Crippen molar-refractivity contribution in [3.8, 4) is 39.0 Å². The van der Waals surface area contributed by atoms with Crippen molar-refractivity contribution in [2.75, 3.05) is 0 Å². The van der Waals surface area contributed by atoms with Gasteiger partial charge in [-0.1, -0.05) is 30.3 Å². The van der Waals surface area contributed by atoms with Crippen LogP contribution in [0.4, 0.5) is 0 Å². The molecule has 0 amide bonds. The van der Waals surface area contributed by atoms with Crippen LogP contribution < -0.4 is 4.74 Å². The monoisotopic (exact) mass is 543 g/mol. The minimum absolute atomic E-state index is 0.0395. The Morgan fingerprint density at radius 2 is 1.88 bits per heavy atom. The van der Waals surface area contributed by atoms with E-state index in [1.807, 2.05) is 66.7 Å². The van der Waals surface area contributed by atoms with E-state index in [4.69, 9.17) is 14.7 Å². The lowest BCUT2D eigenvalue weighted by Gasteiger charge is -2.08. The number of H-pyrrole nitrogens is 2. The van der Waals surface area contributed by atoms with E-state index in [1.54, 1.807) is 25.5 Å². The number of imidazole rings is 1. The van der Waals surface area contributed by atoms with Crippen molar-refractivity contribution in [2.24, 2.45) is 0 Å².